The van der Waals surface area contributed by atoms with Crippen LogP contribution in [-0.2, 0) is 0 Å². The average Bonchev–Trinajstić information content (AvgIpc) is 2.34. The Morgan fingerprint density at radius 3 is 2.90 bits per heavy atom. The molecule has 1 atom stereocenters. The van der Waals surface area contributed by atoms with Crippen molar-refractivity contribution in [2.45, 2.75) is 13.3 Å². The van der Waals surface area contributed by atoms with Crippen LogP contribution in [0.3, 0.4) is 0 Å². The number of carbonyl (C=O) groups excluding carboxylic acids is 1. The maximum atomic E-state index is 10.8. The summed E-state index contributed by atoms with van der Waals surface area (Å²) in [7, 11) is 0. The molecule has 0 radical (unpaired) electrons. The normalized spacial score (nSPS) is 25.0. The van der Waals surface area contributed by atoms with Gasteiger partial charge in [0, 0.05) is 13.1 Å². The number of nitrogens with one attached hydrogen (secondary N) is 1. The van der Waals surface area contributed by atoms with Gasteiger partial charge in [-0.3, -0.25) is 5.43 Å². The van der Waals surface area contributed by atoms with Crippen LogP contribution in [-0.4, -0.2) is 24.0 Å². The van der Waals surface area contributed by atoms with Gasteiger partial charge in [-0.05, 0) is 12.3 Å². The summed E-state index contributed by atoms with van der Waals surface area (Å²) in [6, 6.07) is -0.163. The molecule has 1 rings (SSSR count). The van der Waals surface area contributed by atoms with Gasteiger partial charge < -0.3 is 4.90 Å². The summed E-state index contributed by atoms with van der Waals surface area (Å²) in [5.74, 6) is 5.58. The lowest BCUT2D eigenvalue weighted by Gasteiger charge is -2.13. The van der Waals surface area contributed by atoms with Gasteiger partial charge in [-0.1, -0.05) is 6.92 Å². The molecule has 1 aliphatic heterocycles. The number of amides is 2. The molecule has 3 N–H and O–H groups in total. The van der Waals surface area contributed by atoms with E-state index >= 15 is 0 Å². The quantitative estimate of drug-likeness (QED) is 0.283. The van der Waals surface area contributed by atoms with E-state index in [-0.39, 0.29) is 6.03 Å². The first-order valence-corrected chi connectivity index (χ1v) is 3.49. The average molecular weight is 143 g/mol. The van der Waals surface area contributed by atoms with Crippen molar-refractivity contribution in [3.05, 3.63) is 0 Å². The Kier molecular flexibility index (Phi) is 2.11. The number of carbonyl (C=O) groups is 1. The predicted octanol–water partition coefficient (Wildman–Crippen LogP) is -0.0885. The summed E-state index contributed by atoms with van der Waals surface area (Å²) in [5, 5.41) is 0. The molecule has 0 aromatic carbocycles. The molecule has 1 unspecified atom stereocenters. The molecule has 0 saturated carbocycles. The topological polar surface area (TPSA) is 58.4 Å². The third-order valence-corrected chi connectivity index (χ3v) is 1.83. The monoisotopic (exact) mass is 143 g/mol. The van der Waals surface area contributed by atoms with Gasteiger partial charge in [-0.2, -0.15) is 0 Å². The third-order valence-electron chi connectivity index (χ3n) is 1.83. The van der Waals surface area contributed by atoms with Crippen LogP contribution < -0.4 is 11.3 Å². The van der Waals surface area contributed by atoms with Crippen LogP contribution >= 0.6 is 0 Å². The zero-order valence-electron chi connectivity index (χ0n) is 6.13. The zero-order chi connectivity index (χ0) is 7.56. The van der Waals surface area contributed by atoms with Gasteiger partial charge in [0.25, 0.3) is 0 Å². The fraction of sp³-hybridized carbons (Fsp3) is 0.833. The van der Waals surface area contributed by atoms with Gasteiger partial charge in [0.05, 0.1) is 0 Å². The van der Waals surface area contributed by atoms with E-state index in [0.29, 0.717) is 5.92 Å². The molecule has 0 aromatic heterocycles. The van der Waals surface area contributed by atoms with Gasteiger partial charge in [-0.15, -0.1) is 0 Å². The molecule has 58 valence electrons. The third kappa shape index (κ3) is 1.39. The highest BCUT2D eigenvalue weighted by atomic mass is 16.2. The summed E-state index contributed by atoms with van der Waals surface area (Å²) in [5.41, 5.74) is 2.11. The molecule has 0 aliphatic carbocycles. The van der Waals surface area contributed by atoms with E-state index in [0.717, 1.165) is 19.5 Å². The number of hydrazine groups is 1. The molecule has 4 nitrogen and oxygen atoms in total. The number of likely N-dealkylation sites (tertiary alicyclic amines) is 1. The number of rotatable bonds is 0. The predicted molar refractivity (Wildman–Crippen MR) is 38.1 cm³/mol. The summed E-state index contributed by atoms with van der Waals surface area (Å²) >= 11 is 0. The van der Waals surface area contributed by atoms with E-state index in [9.17, 15) is 4.79 Å². The van der Waals surface area contributed by atoms with Gasteiger partial charge in [0.1, 0.15) is 0 Å². The number of hydrogen-bond donors (Lipinski definition) is 2. The van der Waals surface area contributed by atoms with Crippen molar-refractivity contribution in [1.82, 2.24) is 10.3 Å². The van der Waals surface area contributed by atoms with Crippen molar-refractivity contribution >= 4 is 6.03 Å². The Balaban J connectivity index is 2.37. The van der Waals surface area contributed by atoms with Gasteiger partial charge in [-0.25, -0.2) is 10.6 Å². The highest BCUT2D eigenvalue weighted by Crippen LogP contribution is 2.13. The first-order chi connectivity index (χ1) is 4.74. The molecular weight excluding hydrogens is 130 g/mol. The van der Waals surface area contributed by atoms with E-state index in [2.05, 4.69) is 12.3 Å². The molecule has 4 heteroatoms. The maximum Gasteiger partial charge on any atom is 0.331 e. The minimum atomic E-state index is -0.163. The Morgan fingerprint density at radius 1 is 1.80 bits per heavy atom. The second kappa shape index (κ2) is 2.88. The first-order valence-electron chi connectivity index (χ1n) is 3.49. The van der Waals surface area contributed by atoms with Crippen molar-refractivity contribution in [3.63, 3.8) is 0 Å². The van der Waals surface area contributed by atoms with Crippen LogP contribution in [0.4, 0.5) is 4.79 Å². The first kappa shape index (κ1) is 7.34. The van der Waals surface area contributed by atoms with E-state index in [1.165, 1.54) is 0 Å². The van der Waals surface area contributed by atoms with E-state index < -0.39 is 0 Å². The Hall–Kier alpha value is -0.770. The number of nitrogens with two attached hydrogens (primary N) is 1. The van der Waals surface area contributed by atoms with E-state index in [1.807, 2.05) is 0 Å². The van der Waals surface area contributed by atoms with Crippen LogP contribution in [0.15, 0.2) is 0 Å². The summed E-state index contributed by atoms with van der Waals surface area (Å²) in [4.78, 5) is 12.6. The summed E-state index contributed by atoms with van der Waals surface area (Å²) < 4.78 is 0. The molecular formula is C6H13N3O. The molecule has 1 saturated heterocycles. The summed E-state index contributed by atoms with van der Waals surface area (Å²) in [6.45, 7) is 3.80. The lowest BCUT2D eigenvalue weighted by atomic mass is 10.2. The molecule has 1 fully saturated rings. The van der Waals surface area contributed by atoms with Crippen LogP contribution in [0.1, 0.15) is 13.3 Å². The summed E-state index contributed by atoms with van der Waals surface area (Å²) in [6.07, 6.45) is 1.09. The minimum absolute atomic E-state index is 0.163. The van der Waals surface area contributed by atoms with Crippen molar-refractivity contribution in [1.29, 1.82) is 0 Å². The second-order valence-electron chi connectivity index (χ2n) is 2.79. The van der Waals surface area contributed by atoms with Crippen molar-refractivity contribution in [3.8, 4) is 0 Å². The molecule has 0 aromatic rings. The fourth-order valence-corrected chi connectivity index (χ4v) is 1.21. The Labute approximate surface area is 60.3 Å². The van der Waals surface area contributed by atoms with Crippen LogP contribution in [0.2, 0.25) is 0 Å². The fourth-order valence-electron chi connectivity index (χ4n) is 1.21. The Morgan fingerprint density at radius 2 is 2.50 bits per heavy atom. The smallest absolute Gasteiger partial charge is 0.323 e. The SMILES string of the molecule is CC1CCN(C(=O)NN)C1. The number of nitrogens with zero attached hydrogens (tertiary/aromatic N) is 1. The van der Waals surface area contributed by atoms with Crippen LogP contribution in [0, 0.1) is 5.92 Å². The zero-order valence-corrected chi connectivity index (χ0v) is 6.13. The number of urea groups is 1. The molecule has 1 aliphatic rings. The van der Waals surface area contributed by atoms with Crippen molar-refractivity contribution < 1.29 is 4.79 Å². The van der Waals surface area contributed by atoms with Crippen molar-refractivity contribution in [2.24, 2.45) is 11.8 Å². The molecule has 1 heterocycles. The van der Waals surface area contributed by atoms with E-state index in [4.69, 9.17) is 5.84 Å². The van der Waals surface area contributed by atoms with Crippen molar-refractivity contribution in [2.75, 3.05) is 13.1 Å². The Bertz CT molecular complexity index is 137. The van der Waals surface area contributed by atoms with Gasteiger partial charge in [0.2, 0.25) is 0 Å². The van der Waals surface area contributed by atoms with E-state index in [1.54, 1.807) is 4.90 Å². The molecule has 0 bridgehead atoms. The van der Waals surface area contributed by atoms with Crippen LogP contribution in [0.5, 0.6) is 0 Å². The lowest BCUT2D eigenvalue weighted by molar-refractivity contribution is 0.207. The highest BCUT2D eigenvalue weighted by molar-refractivity contribution is 5.73. The van der Waals surface area contributed by atoms with Crippen LogP contribution in [0.25, 0.3) is 0 Å². The van der Waals surface area contributed by atoms with Gasteiger partial charge in [0.15, 0.2) is 0 Å². The molecule has 0 spiro atoms. The standard InChI is InChI=1S/C6H13N3O/c1-5-2-3-9(4-5)6(10)8-7/h5H,2-4,7H2,1H3,(H,8,10). The highest BCUT2D eigenvalue weighted by Gasteiger charge is 2.21. The lowest BCUT2D eigenvalue weighted by Crippen LogP contribution is -2.42. The molecule has 10 heavy (non-hydrogen) atoms. The largest absolute Gasteiger partial charge is 0.331 e. The maximum absolute atomic E-state index is 10.8. The molecule has 2 amide bonds. The second-order valence-corrected chi connectivity index (χ2v) is 2.79. The van der Waals surface area contributed by atoms with Gasteiger partial charge >= 0.3 is 6.03 Å². The number of hydrogen-bond acceptors (Lipinski definition) is 2. The minimum Gasteiger partial charge on any atom is -0.323 e.